The first-order valence-electron chi connectivity index (χ1n) is 6.88. The van der Waals surface area contributed by atoms with Crippen LogP contribution in [0.25, 0.3) is 0 Å². The average molecular weight is 272 g/mol. The summed E-state index contributed by atoms with van der Waals surface area (Å²) in [5, 5.41) is 4.04. The second kappa shape index (κ2) is 7.48. The molecule has 1 amide bonds. The minimum absolute atomic E-state index is 0.0993. The van der Waals surface area contributed by atoms with Crippen molar-refractivity contribution in [2.45, 2.75) is 25.7 Å². The summed E-state index contributed by atoms with van der Waals surface area (Å²) in [6.07, 6.45) is 9.73. The third-order valence-electron chi connectivity index (χ3n) is 3.31. The smallest absolute Gasteiger partial charge is 0.244 e. The number of allylic oxidation sites excluding steroid dienone is 2. The molecule has 4 nitrogen and oxygen atoms in total. The zero-order valence-corrected chi connectivity index (χ0v) is 11.7. The van der Waals surface area contributed by atoms with E-state index in [0.717, 1.165) is 30.6 Å². The molecule has 1 aliphatic carbocycles. The summed E-state index contributed by atoms with van der Waals surface area (Å²) in [7, 11) is 1.62. The molecule has 20 heavy (non-hydrogen) atoms. The Hall–Kier alpha value is -2.10. The Morgan fingerprint density at radius 1 is 1.40 bits per heavy atom. The Balaban J connectivity index is 1.76. The van der Waals surface area contributed by atoms with Gasteiger partial charge in [-0.15, -0.1) is 0 Å². The van der Waals surface area contributed by atoms with Crippen molar-refractivity contribution in [1.82, 2.24) is 5.43 Å². The van der Waals surface area contributed by atoms with E-state index in [9.17, 15) is 4.79 Å². The molecule has 1 N–H and O–H groups in total. The van der Waals surface area contributed by atoms with Crippen molar-refractivity contribution in [3.8, 4) is 5.75 Å². The van der Waals surface area contributed by atoms with Crippen LogP contribution in [0.2, 0.25) is 0 Å². The summed E-state index contributed by atoms with van der Waals surface area (Å²) in [6.45, 7) is 0. The summed E-state index contributed by atoms with van der Waals surface area (Å²) in [5.41, 5.74) is 3.53. The van der Waals surface area contributed by atoms with Crippen molar-refractivity contribution in [3.05, 3.63) is 42.0 Å². The number of methoxy groups -OCH3 is 1. The first-order chi connectivity index (χ1) is 9.78. The molecule has 0 heterocycles. The van der Waals surface area contributed by atoms with Crippen LogP contribution in [0.15, 0.2) is 41.5 Å². The molecular weight excluding hydrogens is 252 g/mol. The number of carbonyl (C=O) groups excluding carboxylic acids is 1. The largest absolute Gasteiger partial charge is 0.497 e. The molecule has 1 aliphatic rings. The highest BCUT2D eigenvalue weighted by Crippen LogP contribution is 2.15. The Bertz CT molecular complexity index is 492. The van der Waals surface area contributed by atoms with Crippen molar-refractivity contribution in [1.29, 1.82) is 0 Å². The molecule has 0 saturated carbocycles. The van der Waals surface area contributed by atoms with E-state index < -0.39 is 0 Å². The van der Waals surface area contributed by atoms with E-state index in [0.29, 0.717) is 12.3 Å². The maximum Gasteiger partial charge on any atom is 0.244 e. The van der Waals surface area contributed by atoms with Crippen LogP contribution >= 0.6 is 0 Å². The van der Waals surface area contributed by atoms with Gasteiger partial charge in [0.2, 0.25) is 5.91 Å². The van der Waals surface area contributed by atoms with Crippen LogP contribution in [0.1, 0.15) is 24.8 Å². The van der Waals surface area contributed by atoms with Gasteiger partial charge in [-0.3, -0.25) is 4.79 Å². The van der Waals surface area contributed by atoms with E-state index in [1.807, 2.05) is 30.5 Å². The van der Waals surface area contributed by atoms with Gasteiger partial charge in [0.25, 0.3) is 0 Å². The van der Waals surface area contributed by atoms with E-state index in [2.05, 4.69) is 22.7 Å². The van der Waals surface area contributed by atoms with E-state index in [4.69, 9.17) is 4.74 Å². The Labute approximate surface area is 119 Å². The van der Waals surface area contributed by atoms with Crippen LogP contribution < -0.4 is 10.2 Å². The van der Waals surface area contributed by atoms with E-state index in [1.54, 1.807) is 7.11 Å². The van der Waals surface area contributed by atoms with Crippen molar-refractivity contribution in [2.24, 2.45) is 11.0 Å². The first kappa shape index (κ1) is 14.3. The van der Waals surface area contributed by atoms with E-state index in [-0.39, 0.29) is 5.91 Å². The fraction of sp³-hybridized carbons (Fsp3) is 0.375. The van der Waals surface area contributed by atoms with Crippen molar-refractivity contribution in [2.75, 3.05) is 7.11 Å². The maximum atomic E-state index is 11.7. The highest BCUT2D eigenvalue weighted by Gasteiger charge is 2.07. The SMILES string of the molecule is COc1ccc(CC(=O)N/N=C\[C@H]2CC=CCC2)cc1. The number of hydrogen-bond acceptors (Lipinski definition) is 3. The molecule has 0 fully saturated rings. The summed E-state index contributed by atoms with van der Waals surface area (Å²) in [4.78, 5) is 11.7. The number of hydrogen-bond donors (Lipinski definition) is 1. The topological polar surface area (TPSA) is 50.7 Å². The van der Waals surface area contributed by atoms with Gasteiger partial charge < -0.3 is 4.74 Å². The lowest BCUT2D eigenvalue weighted by molar-refractivity contribution is -0.120. The van der Waals surface area contributed by atoms with Gasteiger partial charge in [0, 0.05) is 6.21 Å². The summed E-state index contributed by atoms with van der Waals surface area (Å²) in [5.74, 6) is 1.14. The standard InChI is InChI=1S/C16H20N2O2/c1-20-15-9-7-13(8-10-15)11-16(19)18-17-12-14-5-3-2-4-6-14/h2-3,7-10,12,14H,4-6,11H2,1H3,(H,18,19)/b17-12-/t14-/m0/s1. The molecule has 0 aliphatic heterocycles. The van der Waals surface area contributed by atoms with E-state index in [1.165, 1.54) is 0 Å². The zero-order valence-electron chi connectivity index (χ0n) is 11.7. The van der Waals surface area contributed by atoms with Crippen LogP contribution in [-0.2, 0) is 11.2 Å². The van der Waals surface area contributed by atoms with Gasteiger partial charge >= 0.3 is 0 Å². The van der Waals surface area contributed by atoms with Crippen molar-refractivity contribution in [3.63, 3.8) is 0 Å². The molecular formula is C16H20N2O2. The quantitative estimate of drug-likeness (QED) is 0.509. The highest BCUT2D eigenvalue weighted by atomic mass is 16.5. The second-order valence-corrected chi connectivity index (χ2v) is 4.88. The Morgan fingerprint density at radius 2 is 2.20 bits per heavy atom. The minimum atomic E-state index is -0.0993. The van der Waals surface area contributed by atoms with Gasteiger partial charge in [0.05, 0.1) is 13.5 Å². The number of rotatable bonds is 5. The number of nitrogens with zero attached hydrogens (tertiary/aromatic N) is 1. The van der Waals surface area contributed by atoms with Crippen molar-refractivity contribution >= 4 is 12.1 Å². The molecule has 106 valence electrons. The van der Waals surface area contributed by atoms with Gasteiger partial charge in [-0.2, -0.15) is 5.10 Å². The number of nitrogens with one attached hydrogen (secondary N) is 1. The highest BCUT2D eigenvalue weighted by molar-refractivity contribution is 5.79. The number of benzene rings is 1. The predicted molar refractivity (Wildman–Crippen MR) is 79.8 cm³/mol. The minimum Gasteiger partial charge on any atom is -0.497 e. The van der Waals surface area contributed by atoms with Crippen molar-refractivity contribution < 1.29 is 9.53 Å². The third-order valence-corrected chi connectivity index (χ3v) is 3.31. The molecule has 4 heteroatoms. The average Bonchev–Trinajstić information content (AvgIpc) is 2.49. The van der Waals surface area contributed by atoms with Gasteiger partial charge in [-0.25, -0.2) is 5.43 Å². The molecule has 0 unspecified atom stereocenters. The summed E-state index contributed by atoms with van der Waals surface area (Å²) < 4.78 is 5.08. The molecule has 1 aromatic carbocycles. The lowest BCUT2D eigenvalue weighted by Crippen LogP contribution is -2.20. The number of hydrazone groups is 1. The fourth-order valence-corrected chi connectivity index (χ4v) is 2.14. The van der Waals surface area contributed by atoms with Crippen LogP contribution in [0, 0.1) is 5.92 Å². The lowest BCUT2D eigenvalue weighted by atomic mass is 9.96. The fourth-order valence-electron chi connectivity index (χ4n) is 2.14. The lowest BCUT2D eigenvalue weighted by Gasteiger charge is -2.11. The first-order valence-corrected chi connectivity index (χ1v) is 6.88. The molecule has 1 aromatic rings. The number of amides is 1. The zero-order chi connectivity index (χ0) is 14.2. The molecule has 0 radical (unpaired) electrons. The van der Waals surface area contributed by atoms with Crippen LogP contribution in [-0.4, -0.2) is 19.2 Å². The normalized spacial score (nSPS) is 18.1. The van der Waals surface area contributed by atoms with E-state index >= 15 is 0 Å². The second-order valence-electron chi connectivity index (χ2n) is 4.88. The summed E-state index contributed by atoms with van der Waals surface area (Å²) in [6, 6.07) is 7.46. The molecule has 0 saturated heterocycles. The third kappa shape index (κ3) is 4.53. The molecule has 0 bridgehead atoms. The molecule has 2 rings (SSSR count). The van der Waals surface area contributed by atoms with Gasteiger partial charge in [0.1, 0.15) is 5.75 Å². The number of carbonyl (C=O) groups is 1. The van der Waals surface area contributed by atoms with Gasteiger partial charge in [0.15, 0.2) is 0 Å². The Morgan fingerprint density at radius 3 is 2.85 bits per heavy atom. The van der Waals surface area contributed by atoms with Crippen LogP contribution in [0.4, 0.5) is 0 Å². The predicted octanol–water partition coefficient (Wildman–Crippen LogP) is 2.70. The van der Waals surface area contributed by atoms with Crippen LogP contribution in [0.3, 0.4) is 0 Å². The van der Waals surface area contributed by atoms with Crippen LogP contribution in [0.5, 0.6) is 5.75 Å². The summed E-state index contributed by atoms with van der Waals surface area (Å²) >= 11 is 0. The Kier molecular flexibility index (Phi) is 5.35. The number of ether oxygens (including phenoxy) is 1. The molecule has 0 spiro atoms. The maximum absolute atomic E-state index is 11.7. The molecule has 1 atom stereocenters. The molecule has 0 aromatic heterocycles. The van der Waals surface area contributed by atoms with Gasteiger partial charge in [-0.1, -0.05) is 24.3 Å². The van der Waals surface area contributed by atoms with Gasteiger partial charge in [-0.05, 0) is 42.9 Å². The monoisotopic (exact) mass is 272 g/mol.